The van der Waals surface area contributed by atoms with Crippen molar-refractivity contribution in [3.05, 3.63) is 56.2 Å². The molecule has 0 fully saturated rings. The first-order valence-electron chi connectivity index (χ1n) is 6.85. The van der Waals surface area contributed by atoms with Crippen LogP contribution in [0.15, 0.2) is 33.9 Å². The molecule has 24 heavy (non-hydrogen) atoms. The molecule has 0 aliphatic heterocycles. The van der Waals surface area contributed by atoms with Gasteiger partial charge in [0.2, 0.25) is 5.88 Å². The number of hydrogen-bond acceptors (Lipinski definition) is 6. The summed E-state index contributed by atoms with van der Waals surface area (Å²) in [5.41, 5.74) is -1.70. The Morgan fingerprint density at radius 3 is 2.58 bits per heavy atom. The minimum Gasteiger partial charge on any atom is -0.497 e. The monoisotopic (exact) mass is 332 g/mol. The van der Waals surface area contributed by atoms with Crippen molar-refractivity contribution in [3.8, 4) is 17.4 Å². The molecule has 0 spiro atoms. The highest BCUT2D eigenvalue weighted by molar-refractivity contribution is 6.08. The predicted molar refractivity (Wildman–Crippen MR) is 86.9 cm³/mol. The van der Waals surface area contributed by atoms with E-state index in [1.165, 1.54) is 27.3 Å². The van der Waals surface area contributed by atoms with Crippen LogP contribution in [0.4, 0.5) is 0 Å². The first kappa shape index (κ1) is 17.1. The van der Waals surface area contributed by atoms with Gasteiger partial charge in [0.25, 0.3) is 5.56 Å². The molecule has 8 nitrogen and oxygen atoms in total. The zero-order valence-electron chi connectivity index (χ0n) is 13.3. The third-order valence-electron chi connectivity index (χ3n) is 3.39. The highest BCUT2D eigenvalue weighted by Crippen LogP contribution is 2.25. The summed E-state index contributed by atoms with van der Waals surface area (Å²) in [5.74, 6) is -0.387. The van der Waals surface area contributed by atoms with E-state index in [-0.39, 0.29) is 0 Å². The van der Waals surface area contributed by atoms with Crippen molar-refractivity contribution < 1.29 is 19.4 Å². The zero-order chi connectivity index (χ0) is 17.9. The van der Waals surface area contributed by atoms with Crippen molar-refractivity contribution >= 4 is 11.9 Å². The van der Waals surface area contributed by atoms with E-state index in [1.807, 2.05) is 4.98 Å². The fourth-order valence-electron chi connectivity index (χ4n) is 2.04. The van der Waals surface area contributed by atoms with Crippen LogP contribution in [-0.2, 0) is 7.05 Å². The minimum atomic E-state index is -0.952. The Balaban J connectivity index is 2.41. The second-order valence-electron chi connectivity index (χ2n) is 4.82. The number of aromatic amines is 1. The van der Waals surface area contributed by atoms with Gasteiger partial charge in [0.05, 0.1) is 14.2 Å². The number of rotatable bonds is 5. The second-order valence-corrected chi connectivity index (χ2v) is 4.82. The molecule has 1 heterocycles. The van der Waals surface area contributed by atoms with Gasteiger partial charge in [-0.2, -0.15) is 0 Å². The van der Waals surface area contributed by atoms with Crippen molar-refractivity contribution in [1.82, 2.24) is 9.55 Å². The third-order valence-corrected chi connectivity index (χ3v) is 3.39. The summed E-state index contributed by atoms with van der Waals surface area (Å²) in [6.45, 7) is 0. The fourth-order valence-corrected chi connectivity index (χ4v) is 2.04. The van der Waals surface area contributed by atoms with Gasteiger partial charge in [-0.05, 0) is 24.3 Å². The van der Waals surface area contributed by atoms with Gasteiger partial charge in [-0.25, -0.2) is 4.79 Å². The molecule has 126 valence electrons. The van der Waals surface area contributed by atoms with Crippen molar-refractivity contribution in [1.29, 1.82) is 0 Å². The van der Waals surface area contributed by atoms with Crippen LogP contribution in [0.5, 0.6) is 17.4 Å². The highest BCUT2D eigenvalue weighted by atomic mass is 16.5. The van der Waals surface area contributed by atoms with Crippen LogP contribution < -0.4 is 20.7 Å². The summed E-state index contributed by atoms with van der Waals surface area (Å²) in [7, 11) is 4.22. The van der Waals surface area contributed by atoms with E-state index in [4.69, 9.17) is 9.47 Å². The standard InChI is InChI=1S/C16H16N2O6/c1-18-15(21)13(14(20)17-16(18)22)11(19)7-5-9-4-6-10(23-2)8-12(9)24-3/h4-8,21H,1-3H3,(H,17,20,22). The molecule has 0 saturated heterocycles. The summed E-state index contributed by atoms with van der Waals surface area (Å²) in [6, 6.07) is 5.00. The molecule has 2 N–H and O–H groups in total. The number of ether oxygens (including phenoxy) is 2. The Bertz CT molecular complexity index is 923. The molecule has 0 unspecified atom stereocenters. The number of methoxy groups -OCH3 is 2. The molecule has 0 bridgehead atoms. The molecular weight excluding hydrogens is 316 g/mol. The largest absolute Gasteiger partial charge is 0.497 e. The van der Waals surface area contributed by atoms with Crippen LogP contribution in [0.25, 0.3) is 6.08 Å². The predicted octanol–water partition coefficient (Wildman–Crippen LogP) is 0.693. The van der Waals surface area contributed by atoms with E-state index >= 15 is 0 Å². The average Bonchev–Trinajstić information content (AvgIpc) is 2.57. The molecule has 8 heteroatoms. The number of hydrogen-bond donors (Lipinski definition) is 2. The lowest BCUT2D eigenvalue weighted by Gasteiger charge is -2.07. The van der Waals surface area contributed by atoms with Crippen molar-refractivity contribution in [2.45, 2.75) is 0 Å². The summed E-state index contributed by atoms with van der Waals surface area (Å²) >= 11 is 0. The molecule has 1 aromatic carbocycles. The van der Waals surface area contributed by atoms with Gasteiger partial charge in [-0.3, -0.25) is 19.1 Å². The van der Waals surface area contributed by atoms with Crippen LogP contribution in [0, 0.1) is 0 Å². The van der Waals surface area contributed by atoms with Gasteiger partial charge in [0.15, 0.2) is 5.78 Å². The number of benzene rings is 1. The minimum absolute atomic E-state index is 0.469. The average molecular weight is 332 g/mol. The third kappa shape index (κ3) is 3.22. The van der Waals surface area contributed by atoms with Gasteiger partial charge >= 0.3 is 5.69 Å². The van der Waals surface area contributed by atoms with Crippen LogP contribution in [0.1, 0.15) is 15.9 Å². The van der Waals surface area contributed by atoms with Gasteiger partial charge < -0.3 is 14.6 Å². The lowest BCUT2D eigenvalue weighted by molar-refractivity contribution is 0.104. The molecule has 0 saturated carbocycles. The number of nitrogens with one attached hydrogen (secondary N) is 1. The normalized spacial score (nSPS) is 10.8. The van der Waals surface area contributed by atoms with E-state index in [1.54, 1.807) is 18.2 Å². The van der Waals surface area contributed by atoms with Crippen LogP contribution >= 0.6 is 0 Å². The number of aromatic hydroxyl groups is 1. The van der Waals surface area contributed by atoms with Gasteiger partial charge in [0.1, 0.15) is 17.1 Å². The number of ketones is 1. The molecule has 1 aromatic heterocycles. The van der Waals surface area contributed by atoms with Gasteiger partial charge in [-0.1, -0.05) is 0 Å². The van der Waals surface area contributed by atoms with Crippen LogP contribution in [0.3, 0.4) is 0 Å². The van der Waals surface area contributed by atoms with Crippen LogP contribution in [0.2, 0.25) is 0 Å². The van der Waals surface area contributed by atoms with Crippen LogP contribution in [-0.4, -0.2) is 34.7 Å². The zero-order valence-corrected chi connectivity index (χ0v) is 13.3. The Kier molecular flexibility index (Phi) is 4.88. The lowest BCUT2D eigenvalue weighted by Crippen LogP contribution is -2.32. The SMILES string of the molecule is COc1ccc(C=CC(=O)c2c(O)n(C)c(=O)[nH]c2=O)c(OC)c1. The smallest absolute Gasteiger partial charge is 0.330 e. The maximum Gasteiger partial charge on any atom is 0.330 e. The number of carbonyl (C=O) groups excluding carboxylic acids is 1. The van der Waals surface area contributed by atoms with E-state index < -0.39 is 28.5 Å². The lowest BCUT2D eigenvalue weighted by atomic mass is 10.1. The molecule has 0 aliphatic rings. The fraction of sp³-hybridized carbons (Fsp3) is 0.188. The Morgan fingerprint density at radius 2 is 1.96 bits per heavy atom. The van der Waals surface area contributed by atoms with Crippen molar-refractivity contribution in [3.63, 3.8) is 0 Å². The number of aromatic nitrogens is 2. The van der Waals surface area contributed by atoms with Crippen molar-refractivity contribution in [2.75, 3.05) is 14.2 Å². The van der Waals surface area contributed by atoms with E-state index in [2.05, 4.69) is 0 Å². The highest BCUT2D eigenvalue weighted by Gasteiger charge is 2.17. The molecule has 0 aliphatic carbocycles. The molecule has 2 rings (SSSR count). The summed E-state index contributed by atoms with van der Waals surface area (Å²) < 4.78 is 11.1. The van der Waals surface area contributed by atoms with E-state index in [0.29, 0.717) is 17.1 Å². The number of H-pyrrole nitrogens is 1. The summed E-state index contributed by atoms with van der Waals surface area (Å²) in [5, 5.41) is 9.84. The van der Waals surface area contributed by atoms with Gasteiger partial charge in [-0.15, -0.1) is 0 Å². The Hall–Kier alpha value is -3.29. The Morgan fingerprint density at radius 1 is 1.25 bits per heavy atom. The summed E-state index contributed by atoms with van der Waals surface area (Å²) in [6.07, 6.45) is 2.55. The molecule has 2 aromatic rings. The molecular formula is C16H16N2O6. The number of carbonyl (C=O) groups is 1. The molecule has 0 atom stereocenters. The topological polar surface area (TPSA) is 111 Å². The van der Waals surface area contributed by atoms with Gasteiger partial charge in [0, 0.05) is 18.7 Å². The number of nitrogens with zero attached hydrogens (tertiary/aromatic N) is 1. The quantitative estimate of drug-likeness (QED) is 0.616. The summed E-state index contributed by atoms with van der Waals surface area (Å²) in [4.78, 5) is 37.3. The maximum atomic E-state index is 12.2. The van der Waals surface area contributed by atoms with E-state index in [9.17, 15) is 19.5 Å². The molecule has 0 amide bonds. The number of allylic oxidation sites excluding steroid dienone is 1. The Labute approximate surface area is 136 Å². The van der Waals surface area contributed by atoms with Crippen molar-refractivity contribution in [2.24, 2.45) is 7.05 Å². The first-order chi connectivity index (χ1) is 11.4. The second kappa shape index (κ2) is 6.86. The molecule has 0 radical (unpaired) electrons. The van der Waals surface area contributed by atoms with E-state index in [0.717, 1.165) is 10.6 Å². The first-order valence-corrected chi connectivity index (χ1v) is 6.85. The maximum absolute atomic E-state index is 12.2.